The molecule has 6 nitrogen and oxygen atoms in total. The topological polar surface area (TPSA) is 95.5 Å². The van der Waals surface area contributed by atoms with Crippen LogP contribution in [0.5, 0.6) is 0 Å². The first-order valence-corrected chi connectivity index (χ1v) is 9.21. The number of aliphatic carboxylic acids is 1. The molecule has 0 atom stereocenters. The average Bonchev–Trinajstić information content (AvgIpc) is 2.41. The molecule has 1 aromatic carbocycles. The SMILES string of the molecule is Cc1ccc(NC2CCC(C(=O)O)CC2)cc1NS(C)(=O)=O. The number of benzene rings is 1. The third-order valence-electron chi connectivity index (χ3n) is 3.98. The molecule has 1 aliphatic carbocycles. The molecular formula is C15H22N2O4S. The Morgan fingerprint density at radius 2 is 1.86 bits per heavy atom. The molecule has 0 aromatic heterocycles. The van der Waals surface area contributed by atoms with E-state index in [0.29, 0.717) is 18.5 Å². The smallest absolute Gasteiger partial charge is 0.306 e. The van der Waals surface area contributed by atoms with Crippen LogP contribution < -0.4 is 10.0 Å². The van der Waals surface area contributed by atoms with Crippen LogP contribution in [0, 0.1) is 12.8 Å². The van der Waals surface area contributed by atoms with E-state index >= 15 is 0 Å². The minimum Gasteiger partial charge on any atom is -0.481 e. The highest BCUT2D eigenvalue weighted by Crippen LogP contribution is 2.28. The fourth-order valence-corrected chi connectivity index (χ4v) is 3.36. The average molecular weight is 326 g/mol. The first kappa shape index (κ1) is 16.6. The molecule has 1 aliphatic rings. The molecule has 0 bridgehead atoms. The van der Waals surface area contributed by atoms with Crippen molar-refractivity contribution < 1.29 is 18.3 Å². The molecule has 0 aliphatic heterocycles. The molecule has 22 heavy (non-hydrogen) atoms. The minimum atomic E-state index is -3.31. The summed E-state index contributed by atoms with van der Waals surface area (Å²) >= 11 is 0. The summed E-state index contributed by atoms with van der Waals surface area (Å²) < 4.78 is 25.2. The van der Waals surface area contributed by atoms with Crippen LogP contribution in [0.2, 0.25) is 0 Å². The fourth-order valence-electron chi connectivity index (χ4n) is 2.74. The van der Waals surface area contributed by atoms with Crippen molar-refractivity contribution in [2.75, 3.05) is 16.3 Å². The summed E-state index contributed by atoms with van der Waals surface area (Å²) in [6.07, 6.45) is 4.08. The molecule has 3 N–H and O–H groups in total. The first-order chi connectivity index (χ1) is 10.2. The van der Waals surface area contributed by atoms with Crippen molar-refractivity contribution in [3.8, 4) is 0 Å². The monoisotopic (exact) mass is 326 g/mol. The second-order valence-electron chi connectivity index (χ2n) is 5.94. The quantitative estimate of drug-likeness (QED) is 0.772. The van der Waals surface area contributed by atoms with E-state index in [2.05, 4.69) is 10.0 Å². The number of hydrogen-bond donors (Lipinski definition) is 3. The van der Waals surface area contributed by atoms with Crippen molar-refractivity contribution in [1.82, 2.24) is 0 Å². The number of carboxylic acids is 1. The normalized spacial score (nSPS) is 22.1. The summed E-state index contributed by atoms with van der Waals surface area (Å²) in [5, 5.41) is 12.4. The van der Waals surface area contributed by atoms with Crippen molar-refractivity contribution in [1.29, 1.82) is 0 Å². The summed E-state index contributed by atoms with van der Waals surface area (Å²) in [5.41, 5.74) is 2.26. The van der Waals surface area contributed by atoms with Crippen molar-refractivity contribution >= 4 is 27.4 Å². The number of nitrogens with one attached hydrogen (secondary N) is 2. The lowest BCUT2D eigenvalue weighted by Crippen LogP contribution is -2.29. The Morgan fingerprint density at radius 3 is 2.41 bits per heavy atom. The second-order valence-corrected chi connectivity index (χ2v) is 7.68. The Labute approximate surface area is 131 Å². The standard InChI is InChI=1S/C15H22N2O4S/c1-10-3-6-13(9-14(10)17-22(2,20)21)16-12-7-4-11(5-8-12)15(18)19/h3,6,9,11-12,16-17H,4-5,7-8H2,1-2H3,(H,18,19). The highest BCUT2D eigenvalue weighted by atomic mass is 32.2. The van der Waals surface area contributed by atoms with Crippen LogP contribution in [0.1, 0.15) is 31.2 Å². The molecule has 0 amide bonds. The molecule has 2 rings (SSSR count). The van der Waals surface area contributed by atoms with Gasteiger partial charge in [0.25, 0.3) is 0 Å². The van der Waals surface area contributed by atoms with Gasteiger partial charge in [-0.05, 0) is 50.3 Å². The second kappa shape index (κ2) is 6.56. The van der Waals surface area contributed by atoms with Crippen LogP contribution in [0.15, 0.2) is 18.2 Å². The minimum absolute atomic E-state index is 0.226. The maximum Gasteiger partial charge on any atom is 0.306 e. The van der Waals surface area contributed by atoms with E-state index in [1.54, 1.807) is 6.07 Å². The van der Waals surface area contributed by atoms with E-state index in [-0.39, 0.29) is 12.0 Å². The number of hydrogen-bond acceptors (Lipinski definition) is 4. The highest BCUT2D eigenvalue weighted by molar-refractivity contribution is 7.92. The lowest BCUT2D eigenvalue weighted by atomic mass is 9.86. The van der Waals surface area contributed by atoms with Gasteiger partial charge in [-0.25, -0.2) is 8.42 Å². The zero-order valence-electron chi connectivity index (χ0n) is 12.8. The van der Waals surface area contributed by atoms with Gasteiger partial charge < -0.3 is 10.4 Å². The van der Waals surface area contributed by atoms with Gasteiger partial charge in [0.05, 0.1) is 17.9 Å². The molecule has 0 radical (unpaired) electrons. The van der Waals surface area contributed by atoms with E-state index in [4.69, 9.17) is 5.11 Å². The molecular weight excluding hydrogens is 304 g/mol. The number of rotatable bonds is 5. The maximum atomic E-state index is 11.4. The maximum absolute atomic E-state index is 11.4. The van der Waals surface area contributed by atoms with Crippen LogP contribution in [-0.2, 0) is 14.8 Å². The Kier molecular flexibility index (Phi) is 4.95. The zero-order chi connectivity index (χ0) is 16.3. The summed E-state index contributed by atoms with van der Waals surface area (Å²) in [5.74, 6) is -0.952. The number of carbonyl (C=O) groups is 1. The number of aryl methyl sites for hydroxylation is 1. The van der Waals surface area contributed by atoms with Crippen LogP contribution >= 0.6 is 0 Å². The van der Waals surface area contributed by atoms with E-state index < -0.39 is 16.0 Å². The van der Waals surface area contributed by atoms with Crippen LogP contribution in [0.3, 0.4) is 0 Å². The summed E-state index contributed by atoms with van der Waals surface area (Å²) in [7, 11) is -3.31. The summed E-state index contributed by atoms with van der Waals surface area (Å²) in [6.45, 7) is 1.84. The van der Waals surface area contributed by atoms with Gasteiger partial charge in [0.2, 0.25) is 10.0 Å². The van der Waals surface area contributed by atoms with Crippen LogP contribution in [0.4, 0.5) is 11.4 Å². The predicted molar refractivity (Wildman–Crippen MR) is 86.7 cm³/mol. The predicted octanol–water partition coefficient (Wildman–Crippen LogP) is 2.42. The molecule has 0 unspecified atom stereocenters. The van der Waals surface area contributed by atoms with Crippen molar-refractivity contribution in [3.63, 3.8) is 0 Å². The van der Waals surface area contributed by atoms with E-state index in [0.717, 1.165) is 30.3 Å². The highest BCUT2D eigenvalue weighted by Gasteiger charge is 2.25. The van der Waals surface area contributed by atoms with Crippen LogP contribution in [0.25, 0.3) is 0 Å². The van der Waals surface area contributed by atoms with E-state index in [9.17, 15) is 13.2 Å². The van der Waals surface area contributed by atoms with Crippen molar-refractivity contribution in [2.24, 2.45) is 5.92 Å². The van der Waals surface area contributed by atoms with E-state index in [1.165, 1.54) is 0 Å². The van der Waals surface area contributed by atoms with Gasteiger partial charge in [0, 0.05) is 11.7 Å². The van der Waals surface area contributed by atoms with Gasteiger partial charge in [-0.3, -0.25) is 9.52 Å². The Balaban J connectivity index is 2.02. The fraction of sp³-hybridized carbons (Fsp3) is 0.533. The molecule has 122 valence electrons. The summed E-state index contributed by atoms with van der Waals surface area (Å²) in [4.78, 5) is 10.9. The molecule has 0 spiro atoms. The molecule has 1 fully saturated rings. The molecule has 0 heterocycles. The van der Waals surface area contributed by atoms with Gasteiger partial charge in [0.15, 0.2) is 0 Å². The number of sulfonamides is 1. The third-order valence-corrected chi connectivity index (χ3v) is 4.57. The molecule has 1 aromatic rings. The van der Waals surface area contributed by atoms with Gasteiger partial charge in [-0.15, -0.1) is 0 Å². The lowest BCUT2D eigenvalue weighted by molar-refractivity contribution is -0.142. The Bertz CT molecular complexity index is 650. The van der Waals surface area contributed by atoms with Crippen molar-refractivity contribution in [2.45, 2.75) is 38.6 Å². The first-order valence-electron chi connectivity index (χ1n) is 7.32. The summed E-state index contributed by atoms with van der Waals surface area (Å²) in [6, 6.07) is 5.77. The van der Waals surface area contributed by atoms with Gasteiger partial charge in [-0.1, -0.05) is 6.07 Å². The largest absolute Gasteiger partial charge is 0.481 e. The molecule has 7 heteroatoms. The van der Waals surface area contributed by atoms with Crippen molar-refractivity contribution in [3.05, 3.63) is 23.8 Å². The third kappa shape index (κ3) is 4.62. The number of carboxylic acid groups (broad SMARTS) is 1. The number of anilines is 2. The Hall–Kier alpha value is -1.76. The molecule has 1 saturated carbocycles. The van der Waals surface area contributed by atoms with E-state index in [1.807, 2.05) is 19.1 Å². The van der Waals surface area contributed by atoms with Gasteiger partial charge in [0.1, 0.15) is 0 Å². The van der Waals surface area contributed by atoms with Gasteiger partial charge >= 0.3 is 5.97 Å². The Morgan fingerprint density at radius 1 is 1.23 bits per heavy atom. The van der Waals surface area contributed by atoms with Gasteiger partial charge in [-0.2, -0.15) is 0 Å². The zero-order valence-corrected chi connectivity index (χ0v) is 13.6. The lowest BCUT2D eigenvalue weighted by Gasteiger charge is -2.28. The van der Waals surface area contributed by atoms with Crippen LogP contribution in [-0.4, -0.2) is 31.8 Å². The molecule has 0 saturated heterocycles.